The molecule has 1 rings (SSSR count). The van der Waals surface area contributed by atoms with Gasteiger partial charge in [-0.2, -0.15) is 0 Å². The monoisotopic (exact) mass is 256 g/mol. The molecule has 0 bridgehead atoms. The standard InChI is InChI=1S/C13H28N4O/c1-4-5-11(2)15-13(18)10-17-7-6-16(3)9-12(17)8-14/h11-12H,4-10,14H2,1-3H3,(H,15,18). The molecular weight excluding hydrogens is 228 g/mol. The Morgan fingerprint density at radius 3 is 2.83 bits per heavy atom. The van der Waals surface area contributed by atoms with Crippen molar-refractivity contribution in [1.29, 1.82) is 0 Å². The van der Waals surface area contributed by atoms with Gasteiger partial charge >= 0.3 is 0 Å². The van der Waals surface area contributed by atoms with E-state index in [4.69, 9.17) is 5.73 Å². The second kappa shape index (κ2) is 7.71. The number of nitrogens with zero attached hydrogens (tertiary/aromatic N) is 2. The second-order valence-electron chi connectivity index (χ2n) is 5.38. The maximum atomic E-state index is 11.9. The number of piperazine rings is 1. The lowest BCUT2D eigenvalue weighted by Gasteiger charge is -2.39. The summed E-state index contributed by atoms with van der Waals surface area (Å²) >= 11 is 0. The maximum absolute atomic E-state index is 11.9. The number of carbonyl (C=O) groups is 1. The van der Waals surface area contributed by atoms with Crippen molar-refractivity contribution in [1.82, 2.24) is 15.1 Å². The first kappa shape index (κ1) is 15.4. The van der Waals surface area contributed by atoms with Gasteiger partial charge in [0.15, 0.2) is 0 Å². The summed E-state index contributed by atoms with van der Waals surface area (Å²) < 4.78 is 0. The highest BCUT2D eigenvalue weighted by Gasteiger charge is 2.25. The summed E-state index contributed by atoms with van der Waals surface area (Å²) in [6, 6.07) is 0.572. The molecule has 106 valence electrons. The molecule has 0 radical (unpaired) electrons. The lowest BCUT2D eigenvalue weighted by molar-refractivity contribution is -0.124. The summed E-state index contributed by atoms with van der Waals surface area (Å²) in [5.41, 5.74) is 5.78. The molecule has 1 heterocycles. The molecule has 5 nitrogen and oxygen atoms in total. The minimum atomic E-state index is 0.124. The molecule has 1 saturated heterocycles. The van der Waals surface area contributed by atoms with Crippen molar-refractivity contribution >= 4 is 5.91 Å². The highest BCUT2D eigenvalue weighted by molar-refractivity contribution is 5.78. The van der Waals surface area contributed by atoms with Crippen molar-refractivity contribution in [2.75, 3.05) is 39.8 Å². The molecule has 1 amide bonds. The number of hydrogen-bond donors (Lipinski definition) is 2. The van der Waals surface area contributed by atoms with Crippen LogP contribution in [0.1, 0.15) is 26.7 Å². The Hall–Kier alpha value is -0.650. The normalized spacial score (nSPS) is 23.9. The van der Waals surface area contributed by atoms with E-state index in [9.17, 15) is 4.79 Å². The van der Waals surface area contributed by atoms with Gasteiger partial charge in [-0.3, -0.25) is 9.69 Å². The zero-order valence-electron chi connectivity index (χ0n) is 12.0. The molecule has 1 aliphatic heterocycles. The largest absolute Gasteiger partial charge is 0.353 e. The molecule has 1 aliphatic rings. The van der Waals surface area contributed by atoms with Crippen molar-refractivity contribution in [2.45, 2.75) is 38.8 Å². The summed E-state index contributed by atoms with van der Waals surface area (Å²) in [6.07, 6.45) is 2.14. The van der Waals surface area contributed by atoms with Crippen LogP contribution in [0.4, 0.5) is 0 Å². The topological polar surface area (TPSA) is 61.6 Å². The molecule has 0 aromatic rings. The Morgan fingerprint density at radius 2 is 2.22 bits per heavy atom. The smallest absolute Gasteiger partial charge is 0.234 e. The number of rotatable bonds is 6. The molecule has 1 fully saturated rings. The van der Waals surface area contributed by atoms with Crippen LogP contribution in [0.2, 0.25) is 0 Å². The van der Waals surface area contributed by atoms with Crippen molar-refractivity contribution < 1.29 is 4.79 Å². The van der Waals surface area contributed by atoms with E-state index < -0.39 is 0 Å². The van der Waals surface area contributed by atoms with Gasteiger partial charge in [0.25, 0.3) is 0 Å². The van der Waals surface area contributed by atoms with E-state index >= 15 is 0 Å². The van der Waals surface area contributed by atoms with Crippen molar-refractivity contribution in [3.8, 4) is 0 Å². The molecule has 0 saturated carbocycles. The van der Waals surface area contributed by atoms with Gasteiger partial charge in [-0.15, -0.1) is 0 Å². The first-order valence-corrected chi connectivity index (χ1v) is 6.98. The zero-order valence-corrected chi connectivity index (χ0v) is 12.0. The van der Waals surface area contributed by atoms with Crippen LogP contribution in [-0.2, 0) is 4.79 Å². The molecule has 0 aromatic carbocycles. The number of hydrogen-bond acceptors (Lipinski definition) is 4. The first-order chi connectivity index (χ1) is 8.56. The van der Waals surface area contributed by atoms with Crippen LogP contribution in [0.25, 0.3) is 0 Å². The van der Waals surface area contributed by atoms with E-state index in [1.807, 2.05) is 0 Å². The number of likely N-dealkylation sites (N-methyl/N-ethyl adjacent to an activating group) is 1. The maximum Gasteiger partial charge on any atom is 0.234 e. The van der Waals surface area contributed by atoms with E-state index in [0.29, 0.717) is 19.1 Å². The lowest BCUT2D eigenvalue weighted by Crippen LogP contribution is -2.57. The fraction of sp³-hybridized carbons (Fsp3) is 0.923. The Morgan fingerprint density at radius 1 is 1.50 bits per heavy atom. The van der Waals surface area contributed by atoms with Gasteiger partial charge in [0, 0.05) is 38.3 Å². The van der Waals surface area contributed by atoms with Crippen LogP contribution in [0.5, 0.6) is 0 Å². The number of nitrogens with one attached hydrogen (secondary N) is 1. The first-order valence-electron chi connectivity index (χ1n) is 6.98. The average molecular weight is 256 g/mol. The van der Waals surface area contributed by atoms with Crippen LogP contribution >= 0.6 is 0 Å². The van der Waals surface area contributed by atoms with Crippen LogP contribution in [0, 0.1) is 0 Å². The zero-order chi connectivity index (χ0) is 13.5. The van der Waals surface area contributed by atoms with Gasteiger partial charge in [0.2, 0.25) is 5.91 Å². The summed E-state index contributed by atoms with van der Waals surface area (Å²) in [7, 11) is 2.10. The summed E-state index contributed by atoms with van der Waals surface area (Å²) in [4.78, 5) is 16.4. The third kappa shape index (κ3) is 4.92. The lowest BCUT2D eigenvalue weighted by atomic mass is 10.1. The molecule has 3 N–H and O–H groups in total. The fourth-order valence-corrected chi connectivity index (χ4v) is 2.49. The van der Waals surface area contributed by atoms with Crippen LogP contribution in [0.3, 0.4) is 0 Å². The van der Waals surface area contributed by atoms with Gasteiger partial charge in [-0.25, -0.2) is 0 Å². The van der Waals surface area contributed by atoms with Gasteiger partial charge in [0.1, 0.15) is 0 Å². The number of nitrogens with two attached hydrogens (primary N) is 1. The Balaban J connectivity index is 2.38. The minimum Gasteiger partial charge on any atom is -0.353 e. The fourth-order valence-electron chi connectivity index (χ4n) is 2.49. The van der Waals surface area contributed by atoms with Gasteiger partial charge in [-0.1, -0.05) is 13.3 Å². The molecule has 0 spiro atoms. The highest BCUT2D eigenvalue weighted by atomic mass is 16.2. The molecule has 2 unspecified atom stereocenters. The third-order valence-electron chi connectivity index (χ3n) is 3.56. The van der Waals surface area contributed by atoms with Gasteiger partial charge in [0.05, 0.1) is 6.54 Å². The van der Waals surface area contributed by atoms with Crippen molar-refractivity contribution in [3.63, 3.8) is 0 Å². The Bertz CT molecular complexity index is 259. The molecule has 5 heteroatoms. The Labute approximate surface area is 111 Å². The van der Waals surface area contributed by atoms with E-state index in [2.05, 4.69) is 36.0 Å². The minimum absolute atomic E-state index is 0.124. The number of carbonyl (C=O) groups excluding carboxylic acids is 1. The quantitative estimate of drug-likeness (QED) is 0.695. The number of amides is 1. The van der Waals surface area contributed by atoms with E-state index in [0.717, 1.165) is 32.5 Å². The predicted octanol–water partition coefficient (Wildman–Crippen LogP) is -0.134. The summed E-state index contributed by atoms with van der Waals surface area (Å²) in [5, 5.41) is 3.05. The SMILES string of the molecule is CCCC(C)NC(=O)CN1CCN(C)CC1CN. The highest BCUT2D eigenvalue weighted by Crippen LogP contribution is 2.07. The van der Waals surface area contributed by atoms with Crippen LogP contribution in [-0.4, -0.2) is 67.6 Å². The van der Waals surface area contributed by atoms with Crippen molar-refractivity contribution in [3.05, 3.63) is 0 Å². The van der Waals surface area contributed by atoms with Crippen LogP contribution in [0.15, 0.2) is 0 Å². The molecule has 18 heavy (non-hydrogen) atoms. The van der Waals surface area contributed by atoms with E-state index in [1.165, 1.54) is 0 Å². The van der Waals surface area contributed by atoms with Crippen LogP contribution < -0.4 is 11.1 Å². The summed E-state index contributed by atoms with van der Waals surface area (Å²) in [5.74, 6) is 0.124. The molecular formula is C13H28N4O. The second-order valence-corrected chi connectivity index (χ2v) is 5.38. The molecule has 0 aromatic heterocycles. The van der Waals surface area contributed by atoms with E-state index in [-0.39, 0.29) is 11.9 Å². The van der Waals surface area contributed by atoms with Crippen molar-refractivity contribution in [2.24, 2.45) is 5.73 Å². The van der Waals surface area contributed by atoms with E-state index in [1.54, 1.807) is 0 Å². The van der Waals surface area contributed by atoms with Gasteiger partial charge in [-0.05, 0) is 20.4 Å². The molecule has 0 aliphatic carbocycles. The Kier molecular flexibility index (Phi) is 6.60. The average Bonchev–Trinajstić information content (AvgIpc) is 2.31. The third-order valence-corrected chi connectivity index (χ3v) is 3.56. The van der Waals surface area contributed by atoms with Gasteiger partial charge < -0.3 is 16.0 Å². The predicted molar refractivity (Wildman–Crippen MR) is 74.4 cm³/mol. The summed E-state index contributed by atoms with van der Waals surface area (Å²) in [6.45, 7) is 8.17. The molecule has 2 atom stereocenters.